The van der Waals surface area contributed by atoms with Crippen LogP contribution in [0.2, 0.25) is 0 Å². The summed E-state index contributed by atoms with van der Waals surface area (Å²) in [6.07, 6.45) is 1.39. The molecule has 18 heavy (non-hydrogen) atoms. The molecule has 1 amide bonds. The molecule has 0 spiro atoms. The van der Waals surface area contributed by atoms with Crippen molar-refractivity contribution in [3.63, 3.8) is 0 Å². The van der Waals surface area contributed by atoms with Gasteiger partial charge in [-0.3, -0.25) is 4.79 Å². The van der Waals surface area contributed by atoms with Crippen LogP contribution in [0.5, 0.6) is 0 Å². The molecule has 1 atom stereocenters. The first-order chi connectivity index (χ1) is 8.19. The van der Waals surface area contributed by atoms with Crippen molar-refractivity contribution >= 4 is 18.3 Å². The standard InChI is InChI=1S/C14H22N2O.ClH/c1-3-12(2)16(14(17)9-10-15)11-13-7-5-4-6-8-13;/h4-8,12H,3,9-11,15H2,1-2H3;1H. The second kappa shape index (κ2) is 8.95. The molecule has 0 aliphatic rings. The van der Waals surface area contributed by atoms with Gasteiger partial charge in [0.15, 0.2) is 0 Å². The number of carbonyl (C=O) groups is 1. The molecule has 1 rings (SSSR count). The monoisotopic (exact) mass is 270 g/mol. The molecule has 0 fully saturated rings. The maximum atomic E-state index is 12.0. The van der Waals surface area contributed by atoms with Crippen LogP contribution in [0.25, 0.3) is 0 Å². The van der Waals surface area contributed by atoms with E-state index < -0.39 is 0 Å². The first kappa shape index (κ1) is 16.9. The van der Waals surface area contributed by atoms with Crippen LogP contribution in [0.15, 0.2) is 30.3 Å². The summed E-state index contributed by atoms with van der Waals surface area (Å²) in [6.45, 7) is 5.27. The summed E-state index contributed by atoms with van der Waals surface area (Å²) in [5.41, 5.74) is 6.62. The van der Waals surface area contributed by atoms with Crippen LogP contribution in [0.3, 0.4) is 0 Å². The lowest BCUT2D eigenvalue weighted by Gasteiger charge is -2.28. The van der Waals surface area contributed by atoms with Crippen LogP contribution in [0, 0.1) is 0 Å². The number of carbonyl (C=O) groups excluding carboxylic acids is 1. The van der Waals surface area contributed by atoms with Gasteiger partial charge in [0.25, 0.3) is 0 Å². The van der Waals surface area contributed by atoms with E-state index in [0.717, 1.165) is 12.0 Å². The van der Waals surface area contributed by atoms with E-state index >= 15 is 0 Å². The predicted molar refractivity (Wildman–Crippen MR) is 77.7 cm³/mol. The maximum Gasteiger partial charge on any atom is 0.224 e. The van der Waals surface area contributed by atoms with E-state index in [1.54, 1.807) is 0 Å². The molecular weight excluding hydrogens is 248 g/mol. The molecule has 0 radical (unpaired) electrons. The Bertz CT molecular complexity index is 343. The molecule has 3 nitrogen and oxygen atoms in total. The Hall–Kier alpha value is -1.06. The van der Waals surface area contributed by atoms with E-state index in [2.05, 4.69) is 13.8 Å². The molecule has 1 unspecified atom stereocenters. The molecule has 0 saturated heterocycles. The van der Waals surface area contributed by atoms with Gasteiger partial charge in [0, 0.05) is 25.6 Å². The number of nitrogens with two attached hydrogens (primary N) is 1. The van der Waals surface area contributed by atoms with Gasteiger partial charge >= 0.3 is 0 Å². The third-order valence-electron chi connectivity index (χ3n) is 3.00. The van der Waals surface area contributed by atoms with E-state index in [0.29, 0.717) is 19.5 Å². The Labute approximate surface area is 116 Å². The van der Waals surface area contributed by atoms with Gasteiger partial charge in [-0.05, 0) is 18.9 Å². The number of halogens is 1. The first-order valence-electron chi connectivity index (χ1n) is 6.22. The highest BCUT2D eigenvalue weighted by atomic mass is 35.5. The van der Waals surface area contributed by atoms with Gasteiger partial charge in [-0.2, -0.15) is 0 Å². The quantitative estimate of drug-likeness (QED) is 0.864. The summed E-state index contributed by atoms with van der Waals surface area (Å²) in [5, 5.41) is 0. The zero-order valence-corrected chi connectivity index (χ0v) is 12.0. The zero-order valence-electron chi connectivity index (χ0n) is 11.1. The van der Waals surface area contributed by atoms with E-state index in [1.165, 1.54) is 0 Å². The van der Waals surface area contributed by atoms with Gasteiger partial charge in [0.05, 0.1) is 0 Å². The second-order valence-corrected chi connectivity index (χ2v) is 4.30. The zero-order chi connectivity index (χ0) is 12.7. The van der Waals surface area contributed by atoms with Crippen LogP contribution in [-0.2, 0) is 11.3 Å². The number of nitrogens with zero attached hydrogens (tertiary/aromatic N) is 1. The Kier molecular flexibility index (Phi) is 8.42. The van der Waals surface area contributed by atoms with Crippen LogP contribution in [0.4, 0.5) is 0 Å². The Morgan fingerprint density at radius 1 is 1.33 bits per heavy atom. The van der Waals surface area contributed by atoms with Gasteiger partial charge in [0.2, 0.25) is 5.91 Å². The summed E-state index contributed by atoms with van der Waals surface area (Å²) >= 11 is 0. The fraction of sp³-hybridized carbons (Fsp3) is 0.500. The van der Waals surface area contributed by atoms with Crippen LogP contribution >= 0.6 is 12.4 Å². The number of rotatable bonds is 6. The summed E-state index contributed by atoms with van der Waals surface area (Å²) in [4.78, 5) is 13.9. The van der Waals surface area contributed by atoms with Gasteiger partial charge in [-0.15, -0.1) is 12.4 Å². The van der Waals surface area contributed by atoms with Crippen molar-refractivity contribution in [2.45, 2.75) is 39.3 Å². The molecule has 2 N–H and O–H groups in total. The van der Waals surface area contributed by atoms with Crippen LogP contribution < -0.4 is 5.73 Å². The van der Waals surface area contributed by atoms with E-state index in [-0.39, 0.29) is 24.4 Å². The third kappa shape index (κ3) is 5.07. The van der Waals surface area contributed by atoms with Crippen LogP contribution in [-0.4, -0.2) is 23.4 Å². The topological polar surface area (TPSA) is 46.3 Å². The predicted octanol–water partition coefficient (Wildman–Crippen LogP) is 2.58. The molecule has 0 saturated carbocycles. The average molecular weight is 271 g/mol. The van der Waals surface area contributed by atoms with Crippen molar-refractivity contribution in [1.29, 1.82) is 0 Å². The SMILES string of the molecule is CCC(C)N(Cc1ccccc1)C(=O)CCN.Cl. The van der Waals surface area contributed by atoms with Crippen molar-refractivity contribution in [3.8, 4) is 0 Å². The number of hydrogen-bond acceptors (Lipinski definition) is 2. The molecular formula is C14H23ClN2O. The molecule has 0 aliphatic carbocycles. The Morgan fingerprint density at radius 3 is 2.44 bits per heavy atom. The minimum absolute atomic E-state index is 0. The largest absolute Gasteiger partial charge is 0.336 e. The normalized spacial score (nSPS) is 11.5. The molecule has 1 aromatic rings. The number of amides is 1. The van der Waals surface area contributed by atoms with Crippen molar-refractivity contribution < 1.29 is 4.79 Å². The number of hydrogen-bond donors (Lipinski definition) is 1. The van der Waals surface area contributed by atoms with Crippen molar-refractivity contribution in [3.05, 3.63) is 35.9 Å². The third-order valence-corrected chi connectivity index (χ3v) is 3.00. The van der Waals surface area contributed by atoms with E-state index in [4.69, 9.17) is 5.73 Å². The fourth-order valence-electron chi connectivity index (χ4n) is 1.76. The van der Waals surface area contributed by atoms with E-state index in [1.807, 2.05) is 35.2 Å². The van der Waals surface area contributed by atoms with Gasteiger partial charge in [0.1, 0.15) is 0 Å². The first-order valence-corrected chi connectivity index (χ1v) is 6.22. The van der Waals surface area contributed by atoms with Crippen LogP contribution in [0.1, 0.15) is 32.3 Å². The fourth-order valence-corrected chi connectivity index (χ4v) is 1.76. The second-order valence-electron chi connectivity index (χ2n) is 4.30. The minimum Gasteiger partial charge on any atom is -0.336 e. The van der Waals surface area contributed by atoms with Crippen molar-refractivity contribution in [2.75, 3.05) is 6.54 Å². The summed E-state index contributed by atoms with van der Waals surface area (Å²) in [5.74, 6) is 0.144. The molecule has 0 aliphatic heterocycles. The molecule has 0 heterocycles. The molecule has 102 valence electrons. The minimum atomic E-state index is 0. The smallest absolute Gasteiger partial charge is 0.224 e. The van der Waals surface area contributed by atoms with E-state index in [9.17, 15) is 4.79 Å². The highest BCUT2D eigenvalue weighted by molar-refractivity contribution is 5.85. The van der Waals surface area contributed by atoms with Gasteiger partial charge in [-0.25, -0.2) is 0 Å². The van der Waals surface area contributed by atoms with Gasteiger partial charge in [-0.1, -0.05) is 37.3 Å². The van der Waals surface area contributed by atoms with Crippen molar-refractivity contribution in [1.82, 2.24) is 4.90 Å². The molecule has 0 bridgehead atoms. The summed E-state index contributed by atoms with van der Waals surface area (Å²) in [7, 11) is 0. The molecule has 1 aromatic carbocycles. The molecule has 4 heteroatoms. The lowest BCUT2D eigenvalue weighted by atomic mass is 10.1. The summed E-state index contributed by atoms with van der Waals surface area (Å²) in [6, 6.07) is 10.3. The lowest BCUT2D eigenvalue weighted by Crippen LogP contribution is -2.38. The van der Waals surface area contributed by atoms with Gasteiger partial charge < -0.3 is 10.6 Å². The van der Waals surface area contributed by atoms with Crippen molar-refractivity contribution in [2.24, 2.45) is 5.73 Å². The Balaban J connectivity index is 0.00000289. The number of benzene rings is 1. The average Bonchev–Trinajstić information content (AvgIpc) is 2.36. The molecule has 0 aromatic heterocycles. The Morgan fingerprint density at radius 2 is 1.94 bits per heavy atom. The maximum absolute atomic E-state index is 12.0. The highest BCUT2D eigenvalue weighted by Crippen LogP contribution is 2.11. The highest BCUT2D eigenvalue weighted by Gasteiger charge is 2.18. The lowest BCUT2D eigenvalue weighted by molar-refractivity contribution is -0.133. The summed E-state index contributed by atoms with van der Waals surface area (Å²) < 4.78 is 0.